The number of nitrogens with zero attached hydrogens (tertiary/aromatic N) is 2. The van der Waals surface area contributed by atoms with Gasteiger partial charge in [-0.3, -0.25) is 0 Å². The molecule has 1 aliphatic rings. The number of nitrogens with one attached hydrogen (secondary N) is 1. The quantitative estimate of drug-likeness (QED) is 0.853. The highest BCUT2D eigenvalue weighted by atomic mass is 16.5. The zero-order valence-corrected chi connectivity index (χ0v) is 11.2. The Morgan fingerprint density at radius 2 is 2.06 bits per heavy atom. The Morgan fingerprint density at radius 1 is 1.33 bits per heavy atom. The first-order valence-electron chi connectivity index (χ1n) is 6.54. The van der Waals surface area contributed by atoms with Crippen molar-refractivity contribution in [3.8, 4) is 5.88 Å². The molecule has 100 valence electrons. The van der Waals surface area contributed by atoms with Crippen molar-refractivity contribution in [1.29, 1.82) is 0 Å². The molecule has 0 unspecified atom stereocenters. The Hall–Kier alpha value is -1.36. The minimum atomic E-state index is -0.0115. The van der Waals surface area contributed by atoms with Crippen LogP contribution >= 0.6 is 0 Å². The lowest BCUT2D eigenvalue weighted by Gasteiger charge is -2.38. The highest BCUT2D eigenvalue weighted by Gasteiger charge is 2.31. The van der Waals surface area contributed by atoms with Crippen molar-refractivity contribution in [1.82, 2.24) is 9.97 Å². The van der Waals surface area contributed by atoms with Crippen molar-refractivity contribution in [3.63, 3.8) is 0 Å². The predicted octanol–water partition coefficient (Wildman–Crippen LogP) is 1.87. The van der Waals surface area contributed by atoms with Gasteiger partial charge in [-0.15, -0.1) is 0 Å². The maximum Gasteiger partial charge on any atom is 0.221 e. The molecule has 1 aromatic heterocycles. The fourth-order valence-corrected chi connectivity index (χ4v) is 2.63. The van der Waals surface area contributed by atoms with E-state index in [0.29, 0.717) is 12.4 Å². The summed E-state index contributed by atoms with van der Waals surface area (Å²) >= 11 is 0. The van der Waals surface area contributed by atoms with E-state index < -0.39 is 0 Å². The molecule has 1 fully saturated rings. The van der Waals surface area contributed by atoms with Gasteiger partial charge in [-0.25, -0.2) is 9.97 Å². The van der Waals surface area contributed by atoms with Gasteiger partial charge in [-0.2, -0.15) is 0 Å². The summed E-state index contributed by atoms with van der Waals surface area (Å²) in [6.45, 7) is 2.60. The molecule has 1 aliphatic carbocycles. The van der Waals surface area contributed by atoms with Crippen LogP contribution in [0.2, 0.25) is 0 Å². The second kappa shape index (κ2) is 5.52. The van der Waals surface area contributed by atoms with Crippen LogP contribution in [0.15, 0.2) is 6.33 Å². The monoisotopic (exact) mass is 250 g/mol. The lowest BCUT2D eigenvalue weighted by atomic mass is 9.81. The minimum absolute atomic E-state index is 0.0115. The predicted molar refractivity (Wildman–Crippen MR) is 71.8 cm³/mol. The molecule has 1 heterocycles. The van der Waals surface area contributed by atoms with Gasteiger partial charge in [0.15, 0.2) is 0 Å². The number of aromatic nitrogens is 2. The Kier molecular flexibility index (Phi) is 4.01. The molecule has 0 atom stereocenters. The van der Waals surface area contributed by atoms with E-state index in [-0.39, 0.29) is 5.54 Å². The van der Waals surface area contributed by atoms with Crippen LogP contribution in [0.4, 0.5) is 5.82 Å². The van der Waals surface area contributed by atoms with Crippen LogP contribution in [0.25, 0.3) is 0 Å². The van der Waals surface area contributed by atoms with Crippen molar-refractivity contribution >= 4 is 5.82 Å². The third-order valence-corrected chi connectivity index (χ3v) is 3.82. The molecule has 0 aliphatic heterocycles. The summed E-state index contributed by atoms with van der Waals surface area (Å²) in [7, 11) is 1.62. The maximum absolute atomic E-state index is 5.97. The molecule has 0 amide bonds. The SMILES string of the molecule is COc1ncnc(NC2(CN)CCCCC2)c1C. The Labute approximate surface area is 108 Å². The van der Waals surface area contributed by atoms with Crippen molar-refractivity contribution in [2.75, 3.05) is 19.0 Å². The van der Waals surface area contributed by atoms with Crippen molar-refractivity contribution in [2.45, 2.75) is 44.6 Å². The third kappa shape index (κ3) is 2.56. The number of hydrogen-bond donors (Lipinski definition) is 2. The first kappa shape index (κ1) is 13.1. The molecule has 1 saturated carbocycles. The van der Waals surface area contributed by atoms with Crippen LogP contribution in [-0.2, 0) is 0 Å². The van der Waals surface area contributed by atoms with E-state index in [0.717, 1.165) is 24.2 Å². The largest absolute Gasteiger partial charge is 0.481 e. The zero-order chi connectivity index (χ0) is 13.0. The number of methoxy groups -OCH3 is 1. The van der Waals surface area contributed by atoms with Gasteiger partial charge in [0.25, 0.3) is 0 Å². The molecule has 0 bridgehead atoms. The van der Waals surface area contributed by atoms with Gasteiger partial charge < -0.3 is 15.8 Å². The van der Waals surface area contributed by atoms with Gasteiger partial charge in [0, 0.05) is 6.54 Å². The minimum Gasteiger partial charge on any atom is -0.481 e. The normalized spacial score (nSPS) is 18.4. The average molecular weight is 250 g/mol. The number of anilines is 1. The van der Waals surface area contributed by atoms with Gasteiger partial charge in [0.2, 0.25) is 5.88 Å². The first-order chi connectivity index (χ1) is 8.71. The molecule has 3 N–H and O–H groups in total. The summed E-state index contributed by atoms with van der Waals surface area (Å²) in [5, 5.41) is 3.53. The van der Waals surface area contributed by atoms with Crippen molar-refractivity contribution in [3.05, 3.63) is 11.9 Å². The van der Waals surface area contributed by atoms with Crippen LogP contribution in [0.5, 0.6) is 5.88 Å². The van der Waals surface area contributed by atoms with Gasteiger partial charge in [0.1, 0.15) is 12.1 Å². The van der Waals surface area contributed by atoms with Crippen molar-refractivity contribution < 1.29 is 4.74 Å². The van der Waals surface area contributed by atoms with E-state index in [1.54, 1.807) is 7.11 Å². The van der Waals surface area contributed by atoms with Gasteiger partial charge in [-0.05, 0) is 19.8 Å². The summed E-state index contributed by atoms with van der Waals surface area (Å²) < 4.78 is 5.22. The van der Waals surface area contributed by atoms with Crippen LogP contribution in [0, 0.1) is 6.92 Å². The number of hydrogen-bond acceptors (Lipinski definition) is 5. The summed E-state index contributed by atoms with van der Waals surface area (Å²) in [6, 6.07) is 0. The molecule has 0 aromatic carbocycles. The third-order valence-electron chi connectivity index (χ3n) is 3.82. The molecule has 18 heavy (non-hydrogen) atoms. The number of ether oxygens (including phenoxy) is 1. The Morgan fingerprint density at radius 3 is 2.67 bits per heavy atom. The Bertz CT molecular complexity index is 402. The average Bonchev–Trinajstić information content (AvgIpc) is 2.42. The van der Waals surface area contributed by atoms with Gasteiger partial charge in [0.05, 0.1) is 18.2 Å². The highest BCUT2D eigenvalue weighted by molar-refractivity contribution is 5.49. The van der Waals surface area contributed by atoms with Crippen LogP contribution in [0.1, 0.15) is 37.7 Å². The molecule has 0 spiro atoms. The fraction of sp³-hybridized carbons (Fsp3) is 0.692. The molecule has 0 saturated heterocycles. The van der Waals surface area contributed by atoms with E-state index >= 15 is 0 Å². The van der Waals surface area contributed by atoms with Crippen LogP contribution < -0.4 is 15.8 Å². The van der Waals surface area contributed by atoms with Crippen molar-refractivity contribution in [2.24, 2.45) is 5.73 Å². The topological polar surface area (TPSA) is 73.1 Å². The molecule has 0 radical (unpaired) electrons. The zero-order valence-electron chi connectivity index (χ0n) is 11.2. The van der Waals surface area contributed by atoms with E-state index in [4.69, 9.17) is 10.5 Å². The van der Waals surface area contributed by atoms with E-state index in [1.807, 2.05) is 6.92 Å². The first-order valence-corrected chi connectivity index (χ1v) is 6.54. The second-order valence-electron chi connectivity index (χ2n) is 5.03. The van der Waals surface area contributed by atoms with E-state index in [1.165, 1.54) is 25.6 Å². The van der Waals surface area contributed by atoms with Crippen LogP contribution in [-0.4, -0.2) is 29.2 Å². The van der Waals surface area contributed by atoms with Gasteiger partial charge >= 0.3 is 0 Å². The molecular weight excluding hydrogens is 228 g/mol. The molecule has 2 rings (SSSR count). The standard InChI is InChI=1S/C13H22N4O/c1-10-11(15-9-16-12(10)18-2)17-13(8-14)6-4-3-5-7-13/h9H,3-8,14H2,1-2H3,(H,15,16,17). The summed E-state index contributed by atoms with van der Waals surface area (Å²) in [5.74, 6) is 1.46. The molecular formula is C13H22N4O. The van der Waals surface area contributed by atoms with E-state index in [2.05, 4.69) is 15.3 Å². The molecule has 5 nitrogen and oxygen atoms in total. The summed E-state index contributed by atoms with van der Waals surface area (Å²) in [5.41, 5.74) is 6.90. The van der Waals surface area contributed by atoms with Gasteiger partial charge in [-0.1, -0.05) is 19.3 Å². The lowest BCUT2D eigenvalue weighted by Crippen LogP contribution is -2.47. The Balaban J connectivity index is 2.21. The number of rotatable bonds is 4. The molecule has 1 aromatic rings. The highest BCUT2D eigenvalue weighted by Crippen LogP contribution is 2.32. The maximum atomic E-state index is 5.97. The van der Waals surface area contributed by atoms with E-state index in [9.17, 15) is 0 Å². The molecule has 5 heteroatoms. The smallest absolute Gasteiger partial charge is 0.221 e. The summed E-state index contributed by atoms with van der Waals surface area (Å²) in [6.07, 6.45) is 7.50. The van der Waals surface area contributed by atoms with Crippen LogP contribution in [0.3, 0.4) is 0 Å². The second-order valence-corrected chi connectivity index (χ2v) is 5.03. The summed E-state index contributed by atoms with van der Waals surface area (Å²) in [4.78, 5) is 8.41. The number of nitrogens with two attached hydrogens (primary N) is 1. The lowest BCUT2D eigenvalue weighted by molar-refractivity contribution is 0.329. The fourth-order valence-electron chi connectivity index (χ4n) is 2.63.